The average molecular weight is 236 g/mol. The van der Waals surface area contributed by atoms with E-state index in [0.717, 1.165) is 5.56 Å². The third-order valence-electron chi connectivity index (χ3n) is 1.88. The van der Waals surface area contributed by atoms with Crippen LogP contribution in [0.4, 0.5) is 0 Å². The van der Waals surface area contributed by atoms with Crippen molar-refractivity contribution in [1.29, 1.82) is 0 Å². The predicted molar refractivity (Wildman–Crippen MR) is 62.1 cm³/mol. The van der Waals surface area contributed by atoms with E-state index in [1.807, 2.05) is 31.2 Å². The van der Waals surface area contributed by atoms with Gasteiger partial charge in [-0.05, 0) is 31.0 Å². The monoisotopic (exact) mass is 235 g/mol. The molecule has 0 bridgehead atoms. The van der Waals surface area contributed by atoms with Crippen molar-refractivity contribution in [3.8, 4) is 0 Å². The molecule has 0 fully saturated rings. The molecule has 0 heterocycles. The quantitative estimate of drug-likeness (QED) is 0.843. The van der Waals surface area contributed by atoms with Gasteiger partial charge in [0.15, 0.2) is 0 Å². The highest BCUT2D eigenvalue weighted by molar-refractivity contribution is 6.30. The van der Waals surface area contributed by atoms with E-state index in [-0.39, 0.29) is 19.0 Å². The summed E-state index contributed by atoms with van der Waals surface area (Å²) in [6, 6.07) is 7.49. The molecular weight excluding hydrogens is 221 g/mol. The van der Waals surface area contributed by atoms with E-state index in [9.17, 15) is 0 Å². The highest BCUT2D eigenvalue weighted by Crippen LogP contribution is 2.13. The lowest BCUT2D eigenvalue weighted by Crippen LogP contribution is -2.42. The number of aliphatic hydroxyl groups excluding tert-OH is 1. The molecule has 0 aliphatic carbocycles. The molecule has 14 heavy (non-hydrogen) atoms. The molecule has 0 aliphatic heterocycles. The zero-order valence-corrected chi connectivity index (χ0v) is 9.61. The van der Waals surface area contributed by atoms with Gasteiger partial charge in [-0.15, -0.1) is 12.4 Å². The third kappa shape index (κ3) is 4.29. The Balaban J connectivity index is 0.00000169. The van der Waals surface area contributed by atoms with E-state index in [1.165, 1.54) is 0 Å². The fourth-order valence-corrected chi connectivity index (χ4v) is 1.25. The van der Waals surface area contributed by atoms with Crippen LogP contribution in [0.1, 0.15) is 12.5 Å². The topological polar surface area (TPSA) is 46.2 Å². The van der Waals surface area contributed by atoms with Crippen LogP contribution < -0.4 is 5.73 Å². The summed E-state index contributed by atoms with van der Waals surface area (Å²) >= 11 is 5.74. The number of hydrogen-bond acceptors (Lipinski definition) is 2. The minimum absolute atomic E-state index is 0. The number of halogens is 2. The molecule has 80 valence electrons. The second kappa shape index (κ2) is 5.56. The second-order valence-corrected chi connectivity index (χ2v) is 4.05. The van der Waals surface area contributed by atoms with Gasteiger partial charge in [-0.25, -0.2) is 0 Å². The van der Waals surface area contributed by atoms with Crippen LogP contribution in [-0.2, 0) is 6.42 Å². The Bertz CT molecular complexity index is 272. The van der Waals surface area contributed by atoms with E-state index < -0.39 is 5.54 Å². The van der Waals surface area contributed by atoms with Crippen molar-refractivity contribution >= 4 is 24.0 Å². The van der Waals surface area contributed by atoms with Gasteiger partial charge >= 0.3 is 0 Å². The zero-order valence-electron chi connectivity index (χ0n) is 8.03. The normalized spacial score (nSPS) is 14.3. The van der Waals surface area contributed by atoms with Gasteiger partial charge in [0.05, 0.1) is 6.61 Å². The van der Waals surface area contributed by atoms with Crippen molar-refractivity contribution < 1.29 is 5.11 Å². The summed E-state index contributed by atoms with van der Waals surface area (Å²) in [5, 5.41) is 9.67. The first kappa shape index (κ1) is 13.7. The van der Waals surface area contributed by atoms with Crippen LogP contribution in [0.2, 0.25) is 5.02 Å². The van der Waals surface area contributed by atoms with Crippen LogP contribution in [-0.4, -0.2) is 17.3 Å². The van der Waals surface area contributed by atoms with Crippen molar-refractivity contribution in [3.05, 3.63) is 34.9 Å². The SMILES string of the molecule is CC(N)(CO)Cc1ccc(Cl)cc1.Cl. The van der Waals surface area contributed by atoms with E-state index in [4.69, 9.17) is 22.4 Å². The Morgan fingerprint density at radius 2 is 1.86 bits per heavy atom. The molecule has 4 heteroatoms. The fourth-order valence-electron chi connectivity index (χ4n) is 1.12. The third-order valence-corrected chi connectivity index (χ3v) is 2.13. The van der Waals surface area contributed by atoms with Gasteiger partial charge in [0, 0.05) is 10.6 Å². The molecule has 3 N–H and O–H groups in total. The highest BCUT2D eigenvalue weighted by atomic mass is 35.5. The Morgan fingerprint density at radius 3 is 2.29 bits per heavy atom. The number of aliphatic hydroxyl groups is 1. The van der Waals surface area contributed by atoms with Gasteiger partial charge in [0.2, 0.25) is 0 Å². The molecular formula is C10H15Cl2NO. The lowest BCUT2D eigenvalue weighted by molar-refractivity contribution is 0.208. The van der Waals surface area contributed by atoms with Crippen LogP contribution in [0.15, 0.2) is 24.3 Å². The summed E-state index contributed by atoms with van der Waals surface area (Å²) in [4.78, 5) is 0. The van der Waals surface area contributed by atoms with Gasteiger partial charge in [-0.1, -0.05) is 23.7 Å². The maximum atomic E-state index is 8.96. The summed E-state index contributed by atoms with van der Waals surface area (Å²) in [5.41, 5.74) is 6.34. The summed E-state index contributed by atoms with van der Waals surface area (Å²) in [5.74, 6) is 0. The van der Waals surface area contributed by atoms with Crippen LogP contribution in [0.3, 0.4) is 0 Å². The maximum Gasteiger partial charge on any atom is 0.0611 e. The second-order valence-electron chi connectivity index (χ2n) is 3.62. The van der Waals surface area contributed by atoms with Crippen molar-refractivity contribution in [2.75, 3.05) is 6.61 Å². The summed E-state index contributed by atoms with van der Waals surface area (Å²) in [6.07, 6.45) is 0.653. The van der Waals surface area contributed by atoms with Crippen molar-refractivity contribution in [2.45, 2.75) is 18.9 Å². The number of benzene rings is 1. The van der Waals surface area contributed by atoms with Crippen molar-refractivity contribution in [1.82, 2.24) is 0 Å². The predicted octanol–water partition coefficient (Wildman–Crippen LogP) is 2.01. The maximum absolute atomic E-state index is 8.96. The van der Waals surface area contributed by atoms with Crippen molar-refractivity contribution in [3.63, 3.8) is 0 Å². The molecule has 1 aromatic rings. The fraction of sp³-hybridized carbons (Fsp3) is 0.400. The molecule has 0 spiro atoms. The lowest BCUT2D eigenvalue weighted by atomic mass is 9.95. The minimum atomic E-state index is -0.548. The largest absolute Gasteiger partial charge is 0.394 e. The van der Waals surface area contributed by atoms with Gasteiger partial charge in [-0.3, -0.25) is 0 Å². The Morgan fingerprint density at radius 1 is 1.36 bits per heavy atom. The summed E-state index contributed by atoms with van der Waals surface area (Å²) < 4.78 is 0. The van der Waals surface area contributed by atoms with Gasteiger partial charge < -0.3 is 10.8 Å². The van der Waals surface area contributed by atoms with Crippen LogP contribution in [0, 0.1) is 0 Å². The Hall–Kier alpha value is -0.280. The van der Waals surface area contributed by atoms with Crippen molar-refractivity contribution in [2.24, 2.45) is 5.73 Å². The molecule has 0 radical (unpaired) electrons. The molecule has 1 unspecified atom stereocenters. The molecule has 0 aliphatic rings. The van der Waals surface area contributed by atoms with Gasteiger partial charge in [0.25, 0.3) is 0 Å². The standard InChI is InChI=1S/C10H14ClNO.ClH/c1-10(12,7-13)6-8-2-4-9(11)5-3-8;/h2-5,13H,6-7,12H2,1H3;1H. The van der Waals surface area contributed by atoms with Crippen LogP contribution in [0.5, 0.6) is 0 Å². The zero-order chi connectivity index (χ0) is 9.90. The molecule has 0 saturated carbocycles. The van der Waals surface area contributed by atoms with Crippen LogP contribution >= 0.6 is 24.0 Å². The molecule has 1 aromatic carbocycles. The molecule has 1 atom stereocenters. The first-order valence-corrected chi connectivity index (χ1v) is 4.55. The Labute approximate surface area is 95.5 Å². The van der Waals surface area contributed by atoms with E-state index in [0.29, 0.717) is 11.4 Å². The number of nitrogens with two attached hydrogens (primary N) is 1. The molecule has 0 saturated heterocycles. The first-order chi connectivity index (χ1) is 6.03. The molecule has 0 aromatic heterocycles. The van der Waals surface area contributed by atoms with E-state index >= 15 is 0 Å². The molecule has 1 rings (SSSR count). The number of rotatable bonds is 3. The Kier molecular flexibility index (Phi) is 5.45. The number of hydrogen-bond donors (Lipinski definition) is 2. The minimum Gasteiger partial charge on any atom is -0.394 e. The molecule has 0 amide bonds. The van der Waals surface area contributed by atoms with Crippen LogP contribution in [0.25, 0.3) is 0 Å². The van der Waals surface area contributed by atoms with E-state index in [1.54, 1.807) is 0 Å². The average Bonchev–Trinajstić information content (AvgIpc) is 2.09. The summed E-state index contributed by atoms with van der Waals surface area (Å²) in [6.45, 7) is 1.80. The van der Waals surface area contributed by atoms with Gasteiger partial charge in [0.1, 0.15) is 0 Å². The smallest absolute Gasteiger partial charge is 0.0611 e. The van der Waals surface area contributed by atoms with E-state index in [2.05, 4.69) is 0 Å². The lowest BCUT2D eigenvalue weighted by Gasteiger charge is -2.21. The highest BCUT2D eigenvalue weighted by Gasteiger charge is 2.17. The first-order valence-electron chi connectivity index (χ1n) is 4.18. The molecule has 2 nitrogen and oxygen atoms in total. The summed E-state index contributed by atoms with van der Waals surface area (Å²) in [7, 11) is 0. The van der Waals surface area contributed by atoms with Gasteiger partial charge in [-0.2, -0.15) is 0 Å².